The van der Waals surface area contributed by atoms with Crippen LogP contribution in [0, 0.1) is 0 Å². The van der Waals surface area contributed by atoms with Gasteiger partial charge in [0.05, 0.1) is 6.61 Å². The molecule has 60 valence electrons. The van der Waals surface area contributed by atoms with Gasteiger partial charge in [-0.3, -0.25) is 0 Å². The number of hydrogen-bond acceptors (Lipinski definition) is 2. The van der Waals surface area contributed by atoms with Crippen molar-refractivity contribution in [3.05, 3.63) is 12.2 Å². The van der Waals surface area contributed by atoms with Crippen LogP contribution in [0.15, 0.2) is 12.2 Å². The van der Waals surface area contributed by atoms with Gasteiger partial charge >= 0.3 is 0 Å². The molecule has 0 aliphatic heterocycles. The van der Waals surface area contributed by atoms with Crippen LogP contribution in [0.2, 0.25) is 0 Å². The predicted molar refractivity (Wildman–Crippen MR) is 44.0 cm³/mol. The summed E-state index contributed by atoms with van der Waals surface area (Å²) in [7, 11) is 2.00. The normalized spacial score (nSPS) is 11.6. The van der Waals surface area contributed by atoms with Crippen LogP contribution < -0.4 is 0 Å². The van der Waals surface area contributed by atoms with Crippen molar-refractivity contribution in [2.75, 3.05) is 26.7 Å². The third-order valence-electron chi connectivity index (χ3n) is 1.30. The summed E-state index contributed by atoms with van der Waals surface area (Å²) >= 11 is 0. The Labute approximate surface area is 63.2 Å². The van der Waals surface area contributed by atoms with Crippen LogP contribution in [0.1, 0.15) is 13.3 Å². The van der Waals surface area contributed by atoms with Gasteiger partial charge in [-0.25, -0.2) is 0 Å². The molecule has 0 rings (SSSR count). The van der Waals surface area contributed by atoms with Gasteiger partial charge in [-0.15, -0.1) is 0 Å². The lowest BCUT2D eigenvalue weighted by molar-refractivity contribution is 0.232. The van der Waals surface area contributed by atoms with E-state index in [0.29, 0.717) is 0 Å². The summed E-state index contributed by atoms with van der Waals surface area (Å²) in [4.78, 5) is 2.08. The van der Waals surface area contributed by atoms with Gasteiger partial charge in [-0.2, -0.15) is 0 Å². The summed E-state index contributed by atoms with van der Waals surface area (Å²) < 4.78 is 0. The zero-order chi connectivity index (χ0) is 7.82. The molecular formula is C8H17NO. The number of rotatable bonds is 5. The third kappa shape index (κ3) is 5.79. The van der Waals surface area contributed by atoms with Crippen LogP contribution in [0.3, 0.4) is 0 Å². The average molecular weight is 143 g/mol. The van der Waals surface area contributed by atoms with Gasteiger partial charge in [0.25, 0.3) is 0 Å². The Morgan fingerprint density at radius 3 is 2.60 bits per heavy atom. The van der Waals surface area contributed by atoms with E-state index in [-0.39, 0.29) is 6.61 Å². The molecule has 1 N–H and O–H groups in total. The Morgan fingerprint density at radius 2 is 2.10 bits per heavy atom. The summed E-state index contributed by atoms with van der Waals surface area (Å²) in [5.41, 5.74) is 0. The number of hydrogen-bond donors (Lipinski definition) is 1. The van der Waals surface area contributed by atoms with E-state index in [1.165, 1.54) is 0 Å². The molecular weight excluding hydrogens is 126 g/mol. The fourth-order valence-corrected chi connectivity index (χ4v) is 0.683. The van der Waals surface area contributed by atoms with Gasteiger partial charge < -0.3 is 10.0 Å². The first-order chi connectivity index (χ1) is 4.81. The molecule has 0 bridgehead atoms. The third-order valence-corrected chi connectivity index (χ3v) is 1.30. The smallest absolute Gasteiger partial charge is 0.0558 e. The van der Waals surface area contributed by atoms with Crippen molar-refractivity contribution >= 4 is 0 Å². The lowest BCUT2D eigenvalue weighted by Crippen LogP contribution is -2.21. The van der Waals surface area contributed by atoms with Crippen LogP contribution in [0.4, 0.5) is 0 Å². The van der Waals surface area contributed by atoms with E-state index < -0.39 is 0 Å². The highest BCUT2D eigenvalue weighted by Gasteiger charge is 1.90. The molecule has 0 saturated carbocycles. The molecule has 0 aromatic carbocycles. The number of aliphatic hydroxyl groups excluding tert-OH is 1. The van der Waals surface area contributed by atoms with Gasteiger partial charge in [-0.05, 0) is 13.5 Å². The van der Waals surface area contributed by atoms with E-state index in [0.717, 1.165) is 19.5 Å². The van der Waals surface area contributed by atoms with Gasteiger partial charge in [0.2, 0.25) is 0 Å². The Bertz CT molecular complexity index is 91.3. The molecule has 2 nitrogen and oxygen atoms in total. The van der Waals surface area contributed by atoms with Crippen molar-refractivity contribution in [1.29, 1.82) is 0 Å². The molecule has 0 aromatic heterocycles. The van der Waals surface area contributed by atoms with Crippen LogP contribution >= 0.6 is 0 Å². The average Bonchev–Trinajstić information content (AvgIpc) is 1.89. The minimum atomic E-state index is 0.246. The van der Waals surface area contributed by atoms with Crippen molar-refractivity contribution in [3.63, 3.8) is 0 Å². The first-order valence-corrected chi connectivity index (χ1v) is 3.75. The molecule has 0 unspecified atom stereocenters. The van der Waals surface area contributed by atoms with Crippen molar-refractivity contribution in [3.8, 4) is 0 Å². The number of allylic oxidation sites excluding steroid dienone is 1. The fourth-order valence-electron chi connectivity index (χ4n) is 0.683. The lowest BCUT2D eigenvalue weighted by atomic mass is 10.4. The quantitative estimate of drug-likeness (QED) is 0.577. The van der Waals surface area contributed by atoms with Crippen LogP contribution in [0.5, 0.6) is 0 Å². The largest absolute Gasteiger partial charge is 0.395 e. The standard InChI is InChI=1S/C8H17NO/c1-3-4-5-6-9(2)7-8-10/h4-5,10H,3,6-8H2,1-2H3/b5-4-. The molecule has 0 radical (unpaired) electrons. The summed E-state index contributed by atoms with van der Waals surface area (Å²) in [6.07, 6.45) is 5.34. The van der Waals surface area contributed by atoms with Crippen LogP contribution in [-0.2, 0) is 0 Å². The van der Waals surface area contributed by atoms with Gasteiger partial charge in [0.15, 0.2) is 0 Å². The molecule has 0 aromatic rings. The molecule has 0 atom stereocenters. The van der Waals surface area contributed by atoms with Gasteiger partial charge in [0, 0.05) is 13.1 Å². The predicted octanol–water partition coefficient (Wildman–Crippen LogP) is 0.877. The summed E-state index contributed by atoms with van der Waals surface area (Å²) in [5, 5.41) is 8.53. The van der Waals surface area contributed by atoms with E-state index in [4.69, 9.17) is 5.11 Å². The highest BCUT2D eigenvalue weighted by molar-refractivity contribution is 4.82. The van der Waals surface area contributed by atoms with Gasteiger partial charge in [0.1, 0.15) is 0 Å². The molecule has 0 spiro atoms. The van der Waals surface area contributed by atoms with Crippen molar-refractivity contribution in [1.82, 2.24) is 4.90 Å². The monoisotopic (exact) mass is 143 g/mol. The maximum absolute atomic E-state index is 8.53. The highest BCUT2D eigenvalue weighted by Crippen LogP contribution is 1.84. The minimum absolute atomic E-state index is 0.246. The number of nitrogens with zero attached hydrogens (tertiary/aromatic N) is 1. The Hall–Kier alpha value is -0.340. The second kappa shape index (κ2) is 6.78. The Kier molecular flexibility index (Phi) is 6.55. The molecule has 2 heteroatoms. The van der Waals surface area contributed by atoms with Crippen molar-refractivity contribution in [2.45, 2.75) is 13.3 Å². The first kappa shape index (κ1) is 9.66. The van der Waals surface area contributed by atoms with Crippen molar-refractivity contribution in [2.24, 2.45) is 0 Å². The number of likely N-dealkylation sites (N-methyl/N-ethyl adjacent to an activating group) is 1. The maximum Gasteiger partial charge on any atom is 0.0558 e. The molecule has 0 aliphatic rings. The van der Waals surface area contributed by atoms with E-state index in [1.54, 1.807) is 0 Å². The van der Waals surface area contributed by atoms with Crippen LogP contribution in [0.25, 0.3) is 0 Å². The van der Waals surface area contributed by atoms with E-state index in [2.05, 4.69) is 24.0 Å². The van der Waals surface area contributed by atoms with E-state index in [9.17, 15) is 0 Å². The Balaban J connectivity index is 3.20. The van der Waals surface area contributed by atoms with Gasteiger partial charge in [-0.1, -0.05) is 19.1 Å². The molecule has 0 aliphatic carbocycles. The lowest BCUT2D eigenvalue weighted by Gasteiger charge is -2.10. The first-order valence-electron chi connectivity index (χ1n) is 3.75. The molecule has 0 heterocycles. The molecule has 0 amide bonds. The van der Waals surface area contributed by atoms with Crippen LogP contribution in [-0.4, -0.2) is 36.8 Å². The molecule has 0 fully saturated rings. The second-order valence-corrected chi connectivity index (χ2v) is 2.37. The maximum atomic E-state index is 8.53. The topological polar surface area (TPSA) is 23.5 Å². The zero-order valence-electron chi connectivity index (χ0n) is 6.88. The van der Waals surface area contributed by atoms with E-state index >= 15 is 0 Å². The van der Waals surface area contributed by atoms with Crippen molar-refractivity contribution < 1.29 is 5.11 Å². The molecule has 0 saturated heterocycles. The summed E-state index contributed by atoms with van der Waals surface area (Å²) in [5.74, 6) is 0. The van der Waals surface area contributed by atoms with E-state index in [1.807, 2.05) is 7.05 Å². The Morgan fingerprint density at radius 1 is 1.40 bits per heavy atom. The minimum Gasteiger partial charge on any atom is -0.395 e. The number of aliphatic hydroxyl groups is 1. The zero-order valence-corrected chi connectivity index (χ0v) is 6.88. The second-order valence-electron chi connectivity index (χ2n) is 2.37. The fraction of sp³-hybridized carbons (Fsp3) is 0.750. The molecule has 10 heavy (non-hydrogen) atoms. The summed E-state index contributed by atoms with van der Waals surface area (Å²) in [6, 6.07) is 0. The SMILES string of the molecule is CC/C=C\CN(C)CCO. The summed E-state index contributed by atoms with van der Waals surface area (Å²) in [6.45, 7) is 4.06. The highest BCUT2D eigenvalue weighted by atomic mass is 16.3.